The Balaban J connectivity index is 1.71. The highest BCUT2D eigenvalue weighted by atomic mass is 35.5. The topological polar surface area (TPSA) is 29.9 Å². The van der Waals surface area contributed by atoms with E-state index in [9.17, 15) is 0 Å². The van der Waals surface area contributed by atoms with Crippen molar-refractivity contribution in [3.63, 3.8) is 0 Å². The number of hydrogen-bond acceptors (Lipinski definition) is 2. The second-order valence-corrected chi connectivity index (χ2v) is 5.89. The number of aromatic nitrogens is 2. The fourth-order valence-electron chi connectivity index (χ4n) is 3.08. The molecule has 2 saturated carbocycles. The van der Waals surface area contributed by atoms with E-state index in [0.29, 0.717) is 5.92 Å². The molecule has 0 radical (unpaired) electrons. The van der Waals surface area contributed by atoms with Crippen LogP contribution in [0.1, 0.15) is 43.7 Å². The van der Waals surface area contributed by atoms with Crippen molar-refractivity contribution >= 4 is 11.6 Å². The van der Waals surface area contributed by atoms with Gasteiger partial charge in [0.15, 0.2) is 0 Å². The van der Waals surface area contributed by atoms with Gasteiger partial charge in [-0.2, -0.15) is 5.10 Å². The molecule has 1 aromatic rings. The standard InChI is InChI=1S/C13H20ClN3/c1-17-13(12(14)8-16-17)11-4-2-3-9(11)7-15-10-5-6-10/h8-11,15H,2-7H2,1H3. The second kappa shape index (κ2) is 4.62. The lowest BCUT2D eigenvalue weighted by Crippen LogP contribution is -2.27. The zero-order chi connectivity index (χ0) is 11.8. The molecule has 2 atom stereocenters. The van der Waals surface area contributed by atoms with Gasteiger partial charge in [-0.05, 0) is 38.1 Å². The average Bonchev–Trinajstić information content (AvgIpc) is 2.94. The molecule has 0 saturated heterocycles. The van der Waals surface area contributed by atoms with Crippen LogP contribution in [0.4, 0.5) is 0 Å². The average molecular weight is 254 g/mol. The van der Waals surface area contributed by atoms with Gasteiger partial charge in [-0.15, -0.1) is 0 Å². The molecule has 4 heteroatoms. The van der Waals surface area contributed by atoms with Crippen molar-refractivity contribution in [1.82, 2.24) is 15.1 Å². The molecule has 2 fully saturated rings. The van der Waals surface area contributed by atoms with Crippen LogP contribution >= 0.6 is 11.6 Å². The lowest BCUT2D eigenvalue weighted by Gasteiger charge is -2.20. The van der Waals surface area contributed by atoms with Crippen molar-refractivity contribution < 1.29 is 0 Å². The van der Waals surface area contributed by atoms with Crippen LogP contribution < -0.4 is 5.32 Å². The molecule has 0 bridgehead atoms. The smallest absolute Gasteiger partial charge is 0.0820 e. The summed E-state index contributed by atoms with van der Waals surface area (Å²) in [6, 6.07) is 0.804. The molecule has 0 aromatic carbocycles. The first-order chi connectivity index (χ1) is 8.25. The summed E-state index contributed by atoms with van der Waals surface area (Å²) in [6.07, 6.45) is 8.42. The Morgan fingerprint density at radius 1 is 1.41 bits per heavy atom. The van der Waals surface area contributed by atoms with Gasteiger partial charge in [-0.1, -0.05) is 18.0 Å². The van der Waals surface area contributed by atoms with Crippen LogP contribution in [0.5, 0.6) is 0 Å². The predicted molar refractivity (Wildman–Crippen MR) is 69.3 cm³/mol. The van der Waals surface area contributed by atoms with Crippen LogP contribution in [0.2, 0.25) is 5.02 Å². The Morgan fingerprint density at radius 2 is 2.24 bits per heavy atom. The zero-order valence-corrected chi connectivity index (χ0v) is 11.1. The number of nitrogens with one attached hydrogen (secondary N) is 1. The van der Waals surface area contributed by atoms with Gasteiger partial charge in [-0.25, -0.2) is 0 Å². The molecule has 1 aromatic heterocycles. The summed E-state index contributed by atoms with van der Waals surface area (Å²) in [5.41, 5.74) is 1.24. The zero-order valence-electron chi connectivity index (χ0n) is 10.3. The third-order valence-corrected chi connectivity index (χ3v) is 4.49. The minimum absolute atomic E-state index is 0.598. The molecule has 1 N–H and O–H groups in total. The number of hydrogen-bond donors (Lipinski definition) is 1. The van der Waals surface area contributed by atoms with E-state index in [1.54, 1.807) is 6.20 Å². The van der Waals surface area contributed by atoms with E-state index in [1.165, 1.54) is 37.8 Å². The van der Waals surface area contributed by atoms with E-state index in [4.69, 9.17) is 11.6 Å². The van der Waals surface area contributed by atoms with Gasteiger partial charge < -0.3 is 5.32 Å². The number of nitrogens with zero attached hydrogens (tertiary/aromatic N) is 2. The Morgan fingerprint density at radius 3 is 2.88 bits per heavy atom. The summed E-state index contributed by atoms with van der Waals surface area (Å²) in [5, 5.41) is 8.77. The highest BCUT2D eigenvalue weighted by Crippen LogP contribution is 2.41. The van der Waals surface area contributed by atoms with Crippen LogP contribution in [-0.4, -0.2) is 22.4 Å². The molecule has 17 heavy (non-hydrogen) atoms. The van der Waals surface area contributed by atoms with E-state index in [2.05, 4.69) is 10.4 Å². The highest BCUT2D eigenvalue weighted by molar-refractivity contribution is 6.31. The second-order valence-electron chi connectivity index (χ2n) is 5.48. The van der Waals surface area contributed by atoms with Crippen LogP contribution in [0.15, 0.2) is 6.20 Å². The number of halogens is 1. The quantitative estimate of drug-likeness (QED) is 0.894. The van der Waals surface area contributed by atoms with Crippen molar-refractivity contribution in [2.24, 2.45) is 13.0 Å². The van der Waals surface area contributed by atoms with E-state index >= 15 is 0 Å². The fraction of sp³-hybridized carbons (Fsp3) is 0.769. The first-order valence-electron chi connectivity index (χ1n) is 6.66. The first-order valence-corrected chi connectivity index (χ1v) is 7.04. The van der Waals surface area contributed by atoms with Gasteiger partial charge in [0.2, 0.25) is 0 Å². The molecule has 3 rings (SSSR count). The normalized spacial score (nSPS) is 28.8. The SMILES string of the molecule is Cn1ncc(Cl)c1C1CCCC1CNC1CC1. The molecule has 0 spiro atoms. The minimum atomic E-state index is 0.598. The summed E-state index contributed by atoms with van der Waals surface area (Å²) in [7, 11) is 2.00. The van der Waals surface area contributed by atoms with Gasteiger partial charge in [0.25, 0.3) is 0 Å². The van der Waals surface area contributed by atoms with Crippen molar-refractivity contribution in [1.29, 1.82) is 0 Å². The summed E-state index contributed by atoms with van der Waals surface area (Å²) < 4.78 is 1.96. The largest absolute Gasteiger partial charge is 0.314 e. The lowest BCUT2D eigenvalue weighted by atomic mass is 9.92. The molecule has 1 heterocycles. The van der Waals surface area contributed by atoms with Crippen LogP contribution in [0, 0.1) is 5.92 Å². The predicted octanol–water partition coefficient (Wildman–Crippen LogP) is 2.71. The number of rotatable bonds is 4. The summed E-state index contributed by atoms with van der Waals surface area (Å²) in [5.74, 6) is 1.34. The van der Waals surface area contributed by atoms with Crippen LogP contribution in [0.3, 0.4) is 0 Å². The first kappa shape index (κ1) is 11.5. The summed E-state index contributed by atoms with van der Waals surface area (Å²) in [4.78, 5) is 0. The van der Waals surface area contributed by atoms with Crippen LogP contribution in [0.25, 0.3) is 0 Å². The highest BCUT2D eigenvalue weighted by Gasteiger charge is 2.33. The fourth-order valence-corrected chi connectivity index (χ4v) is 3.39. The maximum absolute atomic E-state index is 6.26. The maximum atomic E-state index is 6.26. The Bertz CT molecular complexity index is 378. The Hall–Kier alpha value is -0.540. The Labute approximate surface area is 108 Å². The van der Waals surface area contributed by atoms with Crippen molar-refractivity contribution in [2.45, 2.75) is 44.1 Å². The summed E-state index contributed by atoms with van der Waals surface area (Å²) in [6.45, 7) is 1.15. The number of aryl methyl sites for hydroxylation is 1. The molecular weight excluding hydrogens is 234 g/mol. The van der Waals surface area contributed by atoms with E-state index < -0.39 is 0 Å². The van der Waals surface area contributed by atoms with Crippen molar-refractivity contribution in [2.75, 3.05) is 6.54 Å². The summed E-state index contributed by atoms with van der Waals surface area (Å²) >= 11 is 6.26. The molecule has 0 aliphatic heterocycles. The lowest BCUT2D eigenvalue weighted by molar-refractivity contribution is 0.426. The molecule has 2 aliphatic rings. The molecule has 94 valence electrons. The molecule has 0 amide bonds. The van der Waals surface area contributed by atoms with Crippen molar-refractivity contribution in [3.05, 3.63) is 16.9 Å². The molecule has 2 unspecified atom stereocenters. The van der Waals surface area contributed by atoms with E-state index in [1.807, 2.05) is 11.7 Å². The van der Waals surface area contributed by atoms with Gasteiger partial charge >= 0.3 is 0 Å². The Kier molecular flexibility index (Phi) is 3.14. The van der Waals surface area contributed by atoms with Crippen molar-refractivity contribution in [3.8, 4) is 0 Å². The monoisotopic (exact) mass is 253 g/mol. The molecule has 2 aliphatic carbocycles. The molecule has 3 nitrogen and oxygen atoms in total. The maximum Gasteiger partial charge on any atom is 0.0820 e. The third-order valence-electron chi connectivity index (χ3n) is 4.19. The van der Waals surface area contributed by atoms with Gasteiger partial charge in [0.1, 0.15) is 0 Å². The van der Waals surface area contributed by atoms with E-state index in [-0.39, 0.29) is 0 Å². The minimum Gasteiger partial charge on any atom is -0.314 e. The van der Waals surface area contributed by atoms with Gasteiger partial charge in [0, 0.05) is 19.0 Å². The van der Waals surface area contributed by atoms with Gasteiger partial charge in [-0.3, -0.25) is 4.68 Å². The van der Waals surface area contributed by atoms with E-state index in [0.717, 1.165) is 23.5 Å². The molecular formula is C13H20ClN3. The van der Waals surface area contributed by atoms with Gasteiger partial charge in [0.05, 0.1) is 16.9 Å². The third kappa shape index (κ3) is 2.36. The van der Waals surface area contributed by atoms with Crippen LogP contribution in [-0.2, 0) is 7.05 Å².